The van der Waals surface area contributed by atoms with Gasteiger partial charge >= 0.3 is 0 Å². The number of carbonyl (C=O) groups excluding carboxylic acids is 1. The second-order valence-electron chi connectivity index (χ2n) is 5.12. The number of hydrogen-bond donors (Lipinski definition) is 2. The third-order valence-electron chi connectivity index (χ3n) is 3.43. The van der Waals surface area contributed by atoms with Gasteiger partial charge in [0.2, 0.25) is 0 Å². The molecule has 0 spiro atoms. The Hall–Kier alpha value is -1.36. The van der Waals surface area contributed by atoms with Gasteiger partial charge in [-0.15, -0.1) is 0 Å². The second-order valence-corrected chi connectivity index (χ2v) is 5.12. The van der Waals surface area contributed by atoms with Crippen LogP contribution in [0.2, 0.25) is 0 Å². The molecule has 0 aromatic carbocycles. The topological polar surface area (TPSA) is 59.0 Å². The monoisotopic (exact) mass is 236 g/mol. The molecule has 1 aliphatic rings. The quantitative estimate of drug-likeness (QED) is 0.805. The molecule has 1 saturated heterocycles. The van der Waals surface area contributed by atoms with Crippen molar-refractivity contribution in [3.05, 3.63) is 18.0 Å². The molecule has 1 fully saturated rings. The maximum atomic E-state index is 11.8. The molecule has 5 heteroatoms. The molecule has 5 nitrogen and oxygen atoms in total. The minimum Gasteiger partial charge on any atom is -0.350 e. The van der Waals surface area contributed by atoms with E-state index in [9.17, 15) is 4.79 Å². The minimum absolute atomic E-state index is 0.0784. The van der Waals surface area contributed by atoms with Crippen molar-refractivity contribution in [3.8, 4) is 0 Å². The average molecular weight is 236 g/mol. The van der Waals surface area contributed by atoms with Gasteiger partial charge in [-0.05, 0) is 37.4 Å². The van der Waals surface area contributed by atoms with E-state index in [1.807, 2.05) is 7.05 Å². The number of amides is 1. The van der Waals surface area contributed by atoms with Crippen molar-refractivity contribution in [1.29, 1.82) is 0 Å². The molecule has 0 radical (unpaired) electrons. The molecule has 1 aromatic rings. The highest BCUT2D eigenvalue weighted by Crippen LogP contribution is 2.26. The normalized spacial score (nSPS) is 18.9. The summed E-state index contributed by atoms with van der Waals surface area (Å²) in [6.45, 7) is 5.03. The molecule has 17 heavy (non-hydrogen) atoms. The molecule has 0 aliphatic carbocycles. The summed E-state index contributed by atoms with van der Waals surface area (Å²) >= 11 is 0. The second kappa shape index (κ2) is 4.87. The minimum atomic E-state index is -0.0784. The van der Waals surface area contributed by atoms with Crippen molar-refractivity contribution in [1.82, 2.24) is 20.4 Å². The van der Waals surface area contributed by atoms with Gasteiger partial charge in [0.1, 0.15) is 5.69 Å². The molecule has 0 atom stereocenters. The predicted octanol–water partition coefficient (Wildman–Crippen LogP) is 0.540. The highest BCUT2D eigenvalue weighted by molar-refractivity contribution is 5.92. The number of hydrogen-bond acceptors (Lipinski definition) is 3. The maximum Gasteiger partial charge on any atom is 0.271 e. The van der Waals surface area contributed by atoms with Crippen LogP contribution in [0.15, 0.2) is 12.3 Å². The smallest absolute Gasteiger partial charge is 0.271 e. The Labute approximate surface area is 102 Å². The first-order valence-electron chi connectivity index (χ1n) is 6.08. The van der Waals surface area contributed by atoms with Crippen LogP contribution in [0.4, 0.5) is 0 Å². The molecule has 1 aromatic heterocycles. The Morgan fingerprint density at radius 3 is 2.88 bits per heavy atom. The number of nitrogens with one attached hydrogen (secondary N) is 2. The summed E-state index contributed by atoms with van der Waals surface area (Å²) in [5, 5.41) is 10.4. The van der Waals surface area contributed by atoms with Gasteiger partial charge in [-0.2, -0.15) is 5.10 Å². The van der Waals surface area contributed by atoms with Crippen molar-refractivity contribution >= 4 is 5.91 Å². The molecule has 0 saturated carbocycles. The van der Waals surface area contributed by atoms with Crippen molar-refractivity contribution in [3.63, 3.8) is 0 Å². The van der Waals surface area contributed by atoms with E-state index in [2.05, 4.69) is 22.7 Å². The van der Waals surface area contributed by atoms with Gasteiger partial charge in [-0.1, -0.05) is 6.92 Å². The summed E-state index contributed by atoms with van der Waals surface area (Å²) < 4.78 is 1.64. The largest absolute Gasteiger partial charge is 0.350 e. The summed E-state index contributed by atoms with van der Waals surface area (Å²) in [4.78, 5) is 11.8. The van der Waals surface area contributed by atoms with E-state index >= 15 is 0 Å². The molecule has 2 heterocycles. The third kappa shape index (κ3) is 3.06. The van der Waals surface area contributed by atoms with Crippen LogP contribution in [0.25, 0.3) is 0 Å². The number of aromatic nitrogens is 2. The molecule has 0 unspecified atom stereocenters. The van der Waals surface area contributed by atoms with Crippen molar-refractivity contribution in [2.24, 2.45) is 12.5 Å². The molecule has 2 N–H and O–H groups in total. The van der Waals surface area contributed by atoms with Crippen LogP contribution in [0.5, 0.6) is 0 Å². The fourth-order valence-corrected chi connectivity index (χ4v) is 2.13. The molecule has 94 valence electrons. The molecule has 0 bridgehead atoms. The van der Waals surface area contributed by atoms with Gasteiger partial charge in [0.05, 0.1) is 0 Å². The van der Waals surface area contributed by atoms with E-state index in [1.54, 1.807) is 16.9 Å². The van der Waals surface area contributed by atoms with Crippen LogP contribution < -0.4 is 10.6 Å². The van der Waals surface area contributed by atoms with Crippen LogP contribution in [-0.2, 0) is 7.05 Å². The molecule has 2 rings (SSSR count). The Kier molecular flexibility index (Phi) is 3.47. The van der Waals surface area contributed by atoms with E-state index in [1.165, 1.54) is 0 Å². The number of rotatable bonds is 3. The van der Waals surface area contributed by atoms with Gasteiger partial charge in [0.25, 0.3) is 5.91 Å². The first-order valence-corrected chi connectivity index (χ1v) is 6.08. The molecule has 1 amide bonds. The molecule has 1 aliphatic heterocycles. The van der Waals surface area contributed by atoms with Crippen molar-refractivity contribution in [2.75, 3.05) is 19.6 Å². The predicted molar refractivity (Wildman–Crippen MR) is 65.8 cm³/mol. The Bertz CT molecular complexity index is 393. The summed E-state index contributed by atoms with van der Waals surface area (Å²) in [5.41, 5.74) is 0.709. The first-order chi connectivity index (χ1) is 8.09. The van der Waals surface area contributed by atoms with E-state index in [4.69, 9.17) is 0 Å². The summed E-state index contributed by atoms with van der Waals surface area (Å²) in [6.07, 6.45) is 3.99. The van der Waals surface area contributed by atoms with Crippen LogP contribution in [-0.4, -0.2) is 35.3 Å². The zero-order chi connectivity index (χ0) is 12.3. The zero-order valence-corrected chi connectivity index (χ0v) is 10.5. The lowest BCUT2D eigenvalue weighted by Crippen LogP contribution is -2.43. The fourth-order valence-electron chi connectivity index (χ4n) is 2.13. The first kappa shape index (κ1) is 12.1. The highest BCUT2D eigenvalue weighted by atomic mass is 16.1. The number of aryl methyl sites for hydroxylation is 1. The van der Waals surface area contributed by atoms with Crippen molar-refractivity contribution in [2.45, 2.75) is 19.8 Å². The zero-order valence-electron chi connectivity index (χ0n) is 10.5. The van der Waals surface area contributed by atoms with Gasteiger partial charge in [0, 0.05) is 19.8 Å². The Morgan fingerprint density at radius 1 is 1.59 bits per heavy atom. The SMILES string of the molecule is Cn1ccc(C(=O)NCC2(C)CCNCC2)n1. The van der Waals surface area contributed by atoms with E-state index < -0.39 is 0 Å². The number of nitrogens with zero attached hydrogens (tertiary/aromatic N) is 2. The van der Waals surface area contributed by atoms with E-state index in [0.717, 1.165) is 32.5 Å². The Balaban J connectivity index is 1.87. The lowest BCUT2D eigenvalue weighted by atomic mass is 9.81. The third-order valence-corrected chi connectivity index (χ3v) is 3.43. The lowest BCUT2D eigenvalue weighted by molar-refractivity contribution is 0.0916. The lowest BCUT2D eigenvalue weighted by Gasteiger charge is -2.34. The molecular formula is C12H20N4O. The van der Waals surface area contributed by atoms with Gasteiger partial charge < -0.3 is 10.6 Å². The summed E-state index contributed by atoms with van der Waals surface area (Å²) in [6, 6.07) is 1.74. The van der Waals surface area contributed by atoms with Crippen LogP contribution >= 0.6 is 0 Å². The van der Waals surface area contributed by atoms with Gasteiger partial charge in [-0.3, -0.25) is 9.48 Å². The molecular weight excluding hydrogens is 216 g/mol. The van der Waals surface area contributed by atoms with E-state index in [-0.39, 0.29) is 11.3 Å². The summed E-state index contributed by atoms with van der Waals surface area (Å²) in [7, 11) is 1.81. The van der Waals surface area contributed by atoms with Crippen LogP contribution in [0, 0.1) is 5.41 Å². The standard InChI is InChI=1S/C12H20N4O/c1-12(4-6-13-7-5-12)9-14-11(17)10-3-8-16(2)15-10/h3,8,13H,4-7,9H2,1-2H3,(H,14,17). The van der Waals surface area contributed by atoms with Crippen LogP contribution in [0.1, 0.15) is 30.3 Å². The Morgan fingerprint density at radius 2 is 2.29 bits per heavy atom. The van der Waals surface area contributed by atoms with Gasteiger partial charge in [-0.25, -0.2) is 0 Å². The maximum absolute atomic E-state index is 11.8. The number of carbonyl (C=O) groups is 1. The number of piperidine rings is 1. The fraction of sp³-hybridized carbons (Fsp3) is 0.667. The summed E-state index contributed by atoms with van der Waals surface area (Å²) in [5.74, 6) is -0.0784. The van der Waals surface area contributed by atoms with Gasteiger partial charge in [0.15, 0.2) is 0 Å². The highest BCUT2D eigenvalue weighted by Gasteiger charge is 2.27. The van der Waals surface area contributed by atoms with E-state index in [0.29, 0.717) is 5.69 Å². The van der Waals surface area contributed by atoms with Crippen molar-refractivity contribution < 1.29 is 4.79 Å². The average Bonchev–Trinajstić information content (AvgIpc) is 2.74. The van der Waals surface area contributed by atoms with Crippen LogP contribution in [0.3, 0.4) is 0 Å².